The molecule has 1 saturated carbocycles. The highest BCUT2D eigenvalue weighted by atomic mass is 16.5. The lowest BCUT2D eigenvalue weighted by molar-refractivity contribution is -0.135. The van der Waals surface area contributed by atoms with E-state index in [0.29, 0.717) is 6.04 Å². The second-order valence-corrected chi connectivity index (χ2v) is 4.49. The molecule has 14 heavy (non-hydrogen) atoms. The summed E-state index contributed by atoms with van der Waals surface area (Å²) in [6.45, 7) is 1.70. The first kappa shape index (κ1) is 10.4. The maximum atomic E-state index is 5.92. The third-order valence-electron chi connectivity index (χ3n) is 3.34. The molecule has 0 aromatic heterocycles. The van der Waals surface area contributed by atoms with Gasteiger partial charge >= 0.3 is 0 Å². The molecule has 0 radical (unpaired) electrons. The molecule has 1 N–H and O–H groups in total. The van der Waals surface area contributed by atoms with Crippen molar-refractivity contribution in [1.29, 1.82) is 0 Å². The van der Waals surface area contributed by atoms with Crippen LogP contribution in [-0.2, 0) is 9.47 Å². The van der Waals surface area contributed by atoms with E-state index in [9.17, 15) is 0 Å². The molecule has 0 amide bonds. The molecule has 0 bridgehead atoms. The number of hydrogen-bond donors (Lipinski definition) is 1. The lowest BCUT2D eigenvalue weighted by Gasteiger charge is -2.44. The van der Waals surface area contributed by atoms with Crippen LogP contribution in [0.15, 0.2) is 0 Å². The van der Waals surface area contributed by atoms with E-state index in [4.69, 9.17) is 9.47 Å². The van der Waals surface area contributed by atoms with Gasteiger partial charge in [0, 0.05) is 13.2 Å². The Labute approximate surface area is 86.2 Å². The number of methoxy groups -OCH3 is 1. The number of rotatable bonds is 2. The van der Waals surface area contributed by atoms with Gasteiger partial charge in [0.15, 0.2) is 0 Å². The first-order valence-electron chi connectivity index (χ1n) is 5.75. The fraction of sp³-hybridized carbons (Fsp3) is 1.00. The summed E-state index contributed by atoms with van der Waals surface area (Å²) in [6, 6.07) is 0.492. The highest BCUT2D eigenvalue weighted by Crippen LogP contribution is 2.32. The molecule has 0 aromatic rings. The van der Waals surface area contributed by atoms with Crippen molar-refractivity contribution in [2.24, 2.45) is 0 Å². The van der Waals surface area contributed by atoms with Crippen LogP contribution in [-0.4, -0.2) is 32.1 Å². The molecule has 2 rings (SSSR count). The first-order chi connectivity index (χ1) is 6.85. The Morgan fingerprint density at radius 1 is 1.36 bits per heavy atom. The predicted molar refractivity (Wildman–Crippen MR) is 55.2 cm³/mol. The smallest absolute Gasteiger partial charge is 0.119 e. The molecule has 82 valence electrons. The summed E-state index contributed by atoms with van der Waals surface area (Å²) in [5.74, 6) is 0. The molecule has 1 saturated heterocycles. The zero-order valence-electron chi connectivity index (χ0n) is 9.05. The van der Waals surface area contributed by atoms with Crippen molar-refractivity contribution in [3.05, 3.63) is 0 Å². The molecule has 3 heteroatoms. The SMILES string of the molecule is COCC1CCOC2(CCCCC2)N1. The fourth-order valence-corrected chi connectivity index (χ4v) is 2.62. The van der Waals surface area contributed by atoms with Crippen LogP contribution < -0.4 is 5.32 Å². The van der Waals surface area contributed by atoms with Crippen LogP contribution in [0.2, 0.25) is 0 Å². The van der Waals surface area contributed by atoms with Gasteiger partial charge in [0.2, 0.25) is 0 Å². The zero-order chi connectivity index (χ0) is 9.86. The van der Waals surface area contributed by atoms with Gasteiger partial charge in [-0.25, -0.2) is 0 Å². The van der Waals surface area contributed by atoms with Crippen molar-refractivity contribution in [3.8, 4) is 0 Å². The molecule has 1 spiro atoms. The number of hydrogen-bond acceptors (Lipinski definition) is 3. The third-order valence-corrected chi connectivity index (χ3v) is 3.34. The largest absolute Gasteiger partial charge is 0.383 e. The van der Waals surface area contributed by atoms with Gasteiger partial charge in [-0.15, -0.1) is 0 Å². The van der Waals surface area contributed by atoms with Crippen molar-refractivity contribution in [2.75, 3.05) is 20.3 Å². The normalized spacial score (nSPS) is 31.9. The van der Waals surface area contributed by atoms with Crippen molar-refractivity contribution >= 4 is 0 Å². The minimum absolute atomic E-state index is 0.000301. The van der Waals surface area contributed by atoms with Gasteiger partial charge in [-0.2, -0.15) is 0 Å². The van der Waals surface area contributed by atoms with Crippen LogP contribution >= 0.6 is 0 Å². The van der Waals surface area contributed by atoms with Crippen molar-refractivity contribution < 1.29 is 9.47 Å². The molecule has 1 atom stereocenters. The van der Waals surface area contributed by atoms with Crippen LogP contribution in [0.1, 0.15) is 38.5 Å². The average Bonchev–Trinajstić information content (AvgIpc) is 2.19. The Hall–Kier alpha value is -0.120. The van der Waals surface area contributed by atoms with E-state index >= 15 is 0 Å². The van der Waals surface area contributed by atoms with Crippen LogP contribution in [0.3, 0.4) is 0 Å². The molecule has 1 aliphatic carbocycles. The molecular weight excluding hydrogens is 178 g/mol. The first-order valence-corrected chi connectivity index (χ1v) is 5.75. The minimum Gasteiger partial charge on any atom is -0.383 e. The second kappa shape index (κ2) is 4.60. The van der Waals surface area contributed by atoms with Crippen LogP contribution in [0, 0.1) is 0 Å². The second-order valence-electron chi connectivity index (χ2n) is 4.49. The molecule has 1 aliphatic heterocycles. The predicted octanol–water partition coefficient (Wildman–Crippen LogP) is 1.67. The summed E-state index contributed by atoms with van der Waals surface area (Å²) < 4.78 is 11.1. The zero-order valence-corrected chi connectivity index (χ0v) is 9.05. The molecule has 0 aromatic carbocycles. The monoisotopic (exact) mass is 199 g/mol. The molecule has 1 heterocycles. The quantitative estimate of drug-likeness (QED) is 0.734. The van der Waals surface area contributed by atoms with E-state index in [1.807, 2.05) is 0 Å². The maximum absolute atomic E-state index is 5.92. The van der Waals surface area contributed by atoms with Gasteiger partial charge in [0.05, 0.1) is 13.2 Å². The summed E-state index contributed by atoms with van der Waals surface area (Å²) in [6.07, 6.45) is 7.39. The molecule has 3 nitrogen and oxygen atoms in total. The Balaban J connectivity index is 1.91. The van der Waals surface area contributed by atoms with E-state index in [1.165, 1.54) is 32.1 Å². The fourth-order valence-electron chi connectivity index (χ4n) is 2.62. The molecule has 2 fully saturated rings. The average molecular weight is 199 g/mol. The highest BCUT2D eigenvalue weighted by molar-refractivity contribution is 4.88. The molecular formula is C11H21NO2. The molecule has 1 unspecified atom stereocenters. The topological polar surface area (TPSA) is 30.5 Å². The Morgan fingerprint density at radius 3 is 2.86 bits per heavy atom. The van der Waals surface area contributed by atoms with E-state index in [1.54, 1.807) is 7.11 Å². The van der Waals surface area contributed by atoms with Crippen molar-refractivity contribution in [2.45, 2.75) is 50.3 Å². The third kappa shape index (κ3) is 2.27. The summed E-state index contributed by atoms with van der Waals surface area (Å²) in [7, 11) is 1.77. The van der Waals surface area contributed by atoms with E-state index in [2.05, 4.69) is 5.32 Å². The number of nitrogens with one attached hydrogen (secondary N) is 1. The van der Waals surface area contributed by atoms with E-state index in [-0.39, 0.29) is 5.72 Å². The minimum atomic E-state index is -0.000301. The lowest BCUT2D eigenvalue weighted by atomic mass is 9.89. The van der Waals surface area contributed by atoms with Crippen LogP contribution in [0.4, 0.5) is 0 Å². The standard InChI is InChI=1S/C11H21NO2/c1-13-9-10-5-8-14-11(12-10)6-3-2-4-7-11/h10,12H,2-9H2,1H3. The summed E-state index contributed by atoms with van der Waals surface area (Å²) in [4.78, 5) is 0. The summed E-state index contributed by atoms with van der Waals surface area (Å²) in [5.41, 5.74) is -0.000301. The van der Waals surface area contributed by atoms with Gasteiger partial charge in [-0.05, 0) is 32.1 Å². The maximum Gasteiger partial charge on any atom is 0.119 e. The van der Waals surface area contributed by atoms with Gasteiger partial charge in [0.25, 0.3) is 0 Å². The van der Waals surface area contributed by atoms with Crippen LogP contribution in [0.5, 0.6) is 0 Å². The molecule has 2 aliphatic rings. The van der Waals surface area contributed by atoms with Crippen molar-refractivity contribution in [1.82, 2.24) is 5.32 Å². The summed E-state index contributed by atoms with van der Waals surface area (Å²) >= 11 is 0. The Kier molecular flexibility index (Phi) is 3.42. The van der Waals surface area contributed by atoms with Crippen molar-refractivity contribution in [3.63, 3.8) is 0 Å². The number of ether oxygens (including phenoxy) is 2. The summed E-state index contributed by atoms with van der Waals surface area (Å²) in [5, 5.41) is 3.62. The highest BCUT2D eigenvalue weighted by Gasteiger charge is 2.37. The van der Waals surface area contributed by atoms with Gasteiger partial charge in [0.1, 0.15) is 5.72 Å². The van der Waals surface area contributed by atoms with E-state index < -0.39 is 0 Å². The Morgan fingerprint density at radius 2 is 2.14 bits per heavy atom. The van der Waals surface area contributed by atoms with Crippen LogP contribution in [0.25, 0.3) is 0 Å². The van der Waals surface area contributed by atoms with Gasteiger partial charge in [-0.1, -0.05) is 6.42 Å². The Bertz CT molecular complexity index is 171. The lowest BCUT2D eigenvalue weighted by Crippen LogP contribution is -2.58. The van der Waals surface area contributed by atoms with Gasteiger partial charge < -0.3 is 9.47 Å². The van der Waals surface area contributed by atoms with Gasteiger partial charge in [-0.3, -0.25) is 5.32 Å². The van der Waals surface area contributed by atoms with E-state index in [0.717, 1.165) is 19.6 Å².